The summed E-state index contributed by atoms with van der Waals surface area (Å²) in [5.74, 6) is 0. The molecule has 0 aliphatic rings. The Morgan fingerprint density at radius 2 is 0.818 bits per heavy atom. The van der Waals surface area contributed by atoms with Gasteiger partial charge in [0.05, 0.1) is 0 Å². The normalized spacial score (nSPS) is 11.6. The van der Waals surface area contributed by atoms with Crippen LogP contribution in [-0.2, 0) is 6.54 Å². The predicted octanol–water partition coefficient (Wildman–Crippen LogP) is 10.9. The van der Waals surface area contributed by atoms with Crippen molar-refractivity contribution in [3.8, 4) is 0 Å². The van der Waals surface area contributed by atoms with Crippen molar-refractivity contribution >= 4 is 35.7 Å². The van der Waals surface area contributed by atoms with Gasteiger partial charge in [-0.2, -0.15) is 4.57 Å². The third-order valence-corrected chi connectivity index (χ3v) is 8.43. The number of unbranched alkanes of at least 4 members (excludes halogenated alkanes) is 5. The lowest BCUT2D eigenvalue weighted by atomic mass is 10.1. The van der Waals surface area contributed by atoms with E-state index in [1.54, 1.807) is 0 Å². The van der Waals surface area contributed by atoms with Gasteiger partial charge in [0.25, 0.3) is 0 Å². The van der Waals surface area contributed by atoms with Crippen LogP contribution in [0.3, 0.4) is 0 Å². The molecule has 3 nitrogen and oxygen atoms in total. The topological polar surface area (TPSA) is 10.4 Å². The van der Waals surface area contributed by atoms with E-state index < -0.39 is 0 Å². The fourth-order valence-electron chi connectivity index (χ4n) is 5.53. The molecule has 44 heavy (non-hydrogen) atoms. The molecule has 3 rings (SSSR count). The Balaban J connectivity index is 1.77. The summed E-state index contributed by atoms with van der Waals surface area (Å²) in [5.41, 5.74) is 7.67. The number of anilines is 2. The summed E-state index contributed by atoms with van der Waals surface area (Å²) >= 11 is 0. The van der Waals surface area contributed by atoms with Gasteiger partial charge in [0.2, 0.25) is 11.4 Å². The number of aromatic nitrogens is 1. The summed E-state index contributed by atoms with van der Waals surface area (Å²) in [6, 6.07) is 24.9. The molecule has 0 atom stereocenters. The molecule has 0 N–H and O–H groups in total. The molecule has 3 aromatic rings. The molecule has 0 saturated carbocycles. The molecule has 0 saturated heterocycles. The molecule has 0 unspecified atom stereocenters. The van der Waals surface area contributed by atoms with Crippen LogP contribution in [-0.4, -0.2) is 26.2 Å². The highest BCUT2D eigenvalue weighted by Gasteiger charge is 2.13. The first-order valence-electron chi connectivity index (χ1n) is 17.7. The van der Waals surface area contributed by atoms with Gasteiger partial charge in [-0.3, -0.25) is 0 Å². The molecular formula is C41H60N3+. The van der Waals surface area contributed by atoms with Crippen LogP contribution in [0.4, 0.5) is 11.4 Å². The third-order valence-electron chi connectivity index (χ3n) is 8.43. The number of hydrogen-bond donors (Lipinski definition) is 0. The Labute approximate surface area is 270 Å². The van der Waals surface area contributed by atoms with E-state index >= 15 is 0 Å². The summed E-state index contributed by atoms with van der Waals surface area (Å²) in [6.45, 7) is 17.0. The minimum atomic E-state index is 1.02. The molecule has 1 aromatic heterocycles. The molecule has 0 aliphatic heterocycles. The Kier molecular flexibility index (Phi) is 16.5. The zero-order valence-electron chi connectivity index (χ0n) is 28.6. The van der Waals surface area contributed by atoms with Gasteiger partial charge in [-0.1, -0.05) is 91.0 Å². The molecule has 1 heterocycles. The van der Waals surface area contributed by atoms with Crippen molar-refractivity contribution in [1.82, 2.24) is 0 Å². The summed E-state index contributed by atoms with van der Waals surface area (Å²) in [6.07, 6.45) is 21.4. The number of benzene rings is 2. The maximum atomic E-state index is 2.55. The SMILES string of the molecule is CCCCN(CCCC)c1ccc(/C=C/c2cccc(/C=C/c3ccc(N(CCCC)CCCC)cc3)[n+]2CCCC)cc1. The molecule has 0 bridgehead atoms. The molecule has 0 fully saturated rings. The minimum Gasteiger partial charge on any atom is -0.372 e. The number of pyridine rings is 1. The first-order valence-corrected chi connectivity index (χ1v) is 17.7. The van der Waals surface area contributed by atoms with Crippen molar-refractivity contribution in [3.63, 3.8) is 0 Å². The lowest BCUT2D eigenvalue weighted by Crippen LogP contribution is -2.40. The molecule has 2 aromatic carbocycles. The van der Waals surface area contributed by atoms with E-state index in [-0.39, 0.29) is 0 Å². The average molecular weight is 595 g/mol. The third kappa shape index (κ3) is 11.6. The van der Waals surface area contributed by atoms with Gasteiger partial charge in [-0.05, 0) is 79.3 Å². The van der Waals surface area contributed by atoms with Crippen LogP contribution in [0.25, 0.3) is 24.3 Å². The highest BCUT2D eigenvalue weighted by molar-refractivity contribution is 5.70. The van der Waals surface area contributed by atoms with Crippen LogP contribution in [0.15, 0.2) is 66.7 Å². The minimum absolute atomic E-state index is 1.02. The molecule has 0 spiro atoms. The first kappa shape index (κ1) is 35.2. The number of nitrogens with zero attached hydrogens (tertiary/aromatic N) is 3. The van der Waals surface area contributed by atoms with Gasteiger partial charge in [0, 0.05) is 68.3 Å². The van der Waals surface area contributed by atoms with Crippen molar-refractivity contribution < 1.29 is 4.57 Å². The van der Waals surface area contributed by atoms with Crippen LogP contribution >= 0.6 is 0 Å². The second-order valence-corrected chi connectivity index (χ2v) is 12.1. The van der Waals surface area contributed by atoms with E-state index in [0.717, 1.165) is 39.1 Å². The monoisotopic (exact) mass is 594 g/mol. The van der Waals surface area contributed by atoms with Gasteiger partial charge in [0.15, 0.2) is 0 Å². The van der Waals surface area contributed by atoms with Gasteiger partial charge in [-0.25, -0.2) is 0 Å². The summed E-state index contributed by atoms with van der Waals surface area (Å²) in [5, 5.41) is 0. The summed E-state index contributed by atoms with van der Waals surface area (Å²) < 4.78 is 2.47. The number of rotatable bonds is 21. The van der Waals surface area contributed by atoms with Crippen LogP contribution < -0.4 is 14.4 Å². The van der Waals surface area contributed by atoms with Gasteiger partial charge in [-0.15, -0.1) is 0 Å². The zero-order valence-corrected chi connectivity index (χ0v) is 28.6. The van der Waals surface area contributed by atoms with Crippen LogP contribution in [0.5, 0.6) is 0 Å². The molecule has 0 amide bonds. The van der Waals surface area contributed by atoms with E-state index in [4.69, 9.17) is 0 Å². The Bertz CT molecular complexity index is 1130. The second-order valence-electron chi connectivity index (χ2n) is 12.1. The zero-order chi connectivity index (χ0) is 31.4. The van der Waals surface area contributed by atoms with Crippen LogP contribution in [0.2, 0.25) is 0 Å². The van der Waals surface area contributed by atoms with Crippen molar-refractivity contribution in [1.29, 1.82) is 0 Å². The molecular weight excluding hydrogens is 534 g/mol. The van der Waals surface area contributed by atoms with Crippen molar-refractivity contribution in [2.75, 3.05) is 36.0 Å². The van der Waals surface area contributed by atoms with Crippen molar-refractivity contribution in [3.05, 3.63) is 89.2 Å². The van der Waals surface area contributed by atoms with E-state index in [9.17, 15) is 0 Å². The maximum absolute atomic E-state index is 2.55. The summed E-state index contributed by atoms with van der Waals surface area (Å²) in [7, 11) is 0. The van der Waals surface area contributed by atoms with Crippen molar-refractivity contribution in [2.45, 2.75) is 105 Å². The maximum Gasteiger partial charge on any atom is 0.205 e. The van der Waals surface area contributed by atoms with Crippen molar-refractivity contribution in [2.24, 2.45) is 0 Å². The average Bonchev–Trinajstić information content (AvgIpc) is 3.06. The summed E-state index contributed by atoms with van der Waals surface area (Å²) in [4.78, 5) is 5.11. The van der Waals surface area contributed by atoms with Gasteiger partial charge < -0.3 is 9.80 Å². The fourth-order valence-corrected chi connectivity index (χ4v) is 5.53. The molecule has 0 radical (unpaired) electrons. The van der Waals surface area contributed by atoms with Gasteiger partial charge in [0.1, 0.15) is 6.54 Å². The Morgan fingerprint density at radius 3 is 1.16 bits per heavy atom. The number of hydrogen-bond acceptors (Lipinski definition) is 2. The quantitative estimate of drug-likeness (QED) is 0.114. The van der Waals surface area contributed by atoms with E-state index in [0.29, 0.717) is 0 Å². The van der Waals surface area contributed by atoms with Gasteiger partial charge >= 0.3 is 0 Å². The van der Waals surface area contributed by atoms with E-state index in [1.807, 2.05) is 0 Å². The molecule has 0 aliphatic carbocycles. The van der Waals surface area contributed by atoms with E-state index in [2.05, 4.69) is 140 Å². The fraction of sp³-hybridized carbons (Fsp3) is 0.488. The highest BCUT2D eigenvalue weighted by Crippen LogP contribution is 2.20. The smallest absolute Gasteiger partial charge is 0.205 e. The largest absolute Gasteiger partial charge is 0.372 e. The Hall–Kier alpha value is -3.33. The Morgan fingerprint density at radius 1 is 0.455 bits per heavy atom. The lowest BCUT2D eigenvalue weighted by Gasteiger charge is -2.24. The first-order chi connectivity index (χ1) is 21.6. The predicted molar refractivity (Wildman–Crippen MR) is 196 cm³/mol. The van der Waals surface area contributed by atoms with Crippen LogP contribution in [0, 0.1) is 0 Å². The molecule has 238 valence electrons. The highest BCUT2D eigenvalue weighted by atomic mass is 15.1. The second kappa shape index (κ2) is 20.6. The van der Waals surface area contributed by atoms with Crippen LogP contribution in [0.1, 0.15) is 121 Å². The standard InChI is InChI=1S/C41H60N3/c1-6-11-31-42(32-12-7-2)38-25-19-36(20-26-38)23-29-40-17-16-18-41(44(40)35-15-10-5)30-24-37-21-27-39(28-22-37)43(33-13-8-3)34-14-9-4/h16-30H,6-15,31-35H2,1-5H3/q+1. The lowest BCUT2D eigenvalue weighted by molar-refractivity contribution is -0.700. The van der Waals surface area contributed by atoms with E-state index in [1.165, 1.54) is 91.7 Å². The molecule has 3 heteroatoms.